The van der Waals surface area contributed by atoms with Gasteiger partial charge in [0.15, 0.2) is 0 Å². The number of carbonyl (C=O) groups is 2. The molecule has 2 amide bonds. The number of urea groups is 1. The molecule has 1 heterocycles. The number of terminal acetylenes is 1. The van der Waals surface area contributed by atoms with Crippen LogP contribution in [0.2, 0.25) is 0 Å². The van der Waals surface area contributed by atoms with Crippen molar-refractivity contribution in [1.82, 2.24) is 9.80 Å². The molecule has 0 atom stereocenters. The monoisotopic (exact) mass is 284 g/mol. The number of aliphatic carboxylic acids is 1. The largest absolute Gasteiger partial charge is 0.480 e. The molecular formula is C13H20N2O5. The van der Waals surface area contributed by atoms with Crippen molar-refractivity contribution in [1.29, 1.82) is 0 Å². The number of carboxylic acids is 1. The summed E-state index contributed by atoms with van der Waals surface area (Å²) in [6.07, 6.45) is 6.02. The van der Waals surface area contributed by atoms with Gasteiger partial charge in [-0.05, 0) is 0 Å². The van der Waals surface area contributed by atoms with Crippen LogP contribution in [0.25, 0.3) is 0 Å². The molecule has 0 unspecified atom stereocenters. The molecule has 0 spiro atoms. The Bertz CT molecular complexity index is 398. The van der Waals surface area contributed by atoms with E-state index in [0.717, 1.165) is 4.90 Å². The number of rotatable bonds is 5. The lowest BCUT2D eigenvalue weighted by atomic mass is 9.94. The van der Waals surface area contributed by atoms with Crippen LogP contribution in [-0.2, 0) is 9.53 Å². The fourth-order valence-corrected chi connectivity index (χ4v) is 2.12. The van der Waals surface area contributed by atoms with Crippen molar-refractivity contribution in [3.8, 4) is 12.3 Å². The Morgan fingerprint density at radius 2 is 2.00 bits per heavy atom. The molecule has 1 rings (SSSR count). The zero-order chi connectivity index (χ0) is 15.2. The van der Waals surface area contributed by atoms with E-state index in [1.165, 1.54) is 11.9 Å². The van der Waals surface area contributed by atoms with Gasteiger partial charge in [-0.15, -0.1) is 6.42 Å². The summed E-state index contributed by atoms with van der Waals surface area (Å²) in [5.41, 5.74) is -0.992. The van der Waals surface area contributed by atoms with Crippen molar-refractivity contribution in [2.75, 3.05) is 39.9 Å². The molecule has 1 fully saturated rings. The highest BCUT2D eigenvalue weighted by atomic mass is 16.5. The van der Waals surface area contributed by atoms with Gasteiger partial charge in [0.25, 0.3) is 0 Å². The number of carbonyl (C=O) groups excluding carboxylic acids is 1. The maximum absolute atomic E-state index is 12.1. The van der Waals surface area contributed by atoms with Gasteiger partial charge >= 0.3 is 12.0 Å². The minimum absolute atomic E-state index is 0.0863. The summed E-state index contributed by atoms with van der Waals surface area (Å²) in [4.78, 5) is 25.2. The second-order valence-electron chi connectivity index (χ2n) is 4.93. The molecule has 1 aliphatic heterocycles. The third kappa shape index (κ3) is 4.72. The third-order valence-corrected chi connectivity index (χ3v) is 3.16. The molecule has 2 N–H and O–H groups in total. The molecule has 0 aromatic heterocycles. The summed E-state index contributed by atoms with van der Waals surface area (Å²) in [5.74, 6) is 1.12. The number of hydrogen-bond donors (Lipinski definition) is 2. The molecule has 0 bridgehead atoms. The van der Waals surface area contributed by atoms with E-state index in [9.17, 15) is 14.7 Å². The average molecular weight is 284 g/mol. The van der Waals surface area contributed by atoms with Gasteiger partial charge in [0.2, 0.25) is 0 Å². The topological polar surface area (TPSA) is 90.3 Å². The highest BCUT2D eigenvalue weighted by molar-refractivity contribution is 5.80. The van der Waals surface area contributed by atoms with E-state index in [-0.39, 0.29) is 13.1 Å². The van der Waals surface area contributed by atoms with Gasteiger partial charge in [-0.1, -0.05) is 5.92 Å². The number of hydrogen-bond acceptors (Lipinski definition) is 4. The van der Waals surface area contributed by atoms with Crippen molar-refractivity contribution in [2.24, 2.45) is 0 Å². The standard InChI is InChI=1S/C13H20N2O5/c1-3-6-15(9-11(16)17)12(18)14(2)10-13(19)4-7-20-8-5-13/h1,19H,4-10H2,2H3,(H,16,17). The zero-order valence-corrected chi connectivity index (χ0v) is 11.5. The summed E-state index contributed by atoms with van der Waals surface area (Å²) in [7, 11) is 1.52. The van der Waals surface area contributed by atoms with Crippen LogP contribution in [0, 0.1) is 12.3 Å². The van der Waals surface area contributed by atoms with Crippen molar-refractivity contribution in [2.45, 2.75) is 18.4 Å². The summed E-state index contributed by atoms with van der Waals surface area (Å²) < 4.78 is 5.17. The van der Waals surface area contributed by atoms with Crippen LogP contribution in [0.1, 0.15) is 12.8 Å². The molecule has 1 saturated heterocycles. The quantitative estimate of drug-likeness (QED) is 0.670. The van der Waals surface area contributed by atoms with Gasteiger partial charge in [-0.2, -0.15) is 0 Å². The minimum Gasteiger partial charge on any atom is -0.480 e. The summed E-state index contributed by atoms with van der Waals surface area (Å²) >= 11 is 0. The van der Waals surface area contributed by atoms with Crippen LogP contribution in [0.4, 0.5) is 4.79 Å². The Hall–Kier alpha value is -1.78. The number of aliphatic hydroxyl groups is 1. The van der Waals surface area contributed by atoms with Crippen LogP contribution in [0.3, 0.4) is 0 Å². The summed E-state index contributed by atoms with van der Waals surface area (Å²) in [5, 5.41) is 19.1. The van der Waals surface area contributed by atoms with E-state index < -0.39 is 24.1 Å². The van der Waals surface area contributed by atoms with Gasteiger partial charge in [-0.25, -0.2) is 4.79 Å². The van der Waals surface area contributed by atoms with E-state index in [4.69, 9.17) is 16.3 Å². The molecule has 0 aliphatic carbocycles. The molecule has 0 aromatic carbocycles. The maximum atomic E-state index is 12.1. The number of likely N-dealkylation sites (N-methyl/N-ethyl adjacent to an activating group) is 1. The molecule has 7 nitrogen and oxygen atoms in total. The van der Waals surface area contributed by atoms with E-state index in [2.05, 4.69) is 5.92 Å². The highest BCUT2D eigenvalue weighted by Gasteiger charge is 2.33. The first-order valence-electron chi connectivity index (χ1n) is 6.33. The van der Waals surface area contributed by atoms with Crippen molar-refractivity contribution in [3.05, 3.63) is 0 Å². The predicted molar refractivity (Wildman–Crippen MR) is 71.1 cm³/mol. The smallest absolute Gasteiger partial charge is 0.323 e. The van der Waals surface area contributed by atoms with Crippen LogP contribution in [-0.4, -0.2) is 77.5 Å². The van der Waals surface area contributed by atoms with E-state index in [0.29, 0.717) is 26.1 Å². The van der Waals surface area contributed by atoms with Crippen LogP contribution in [0.15, 0.2) is 0 Å². The number of carboxylic acid groups (broad SMARTS) is 1. The molecule has 20 heavy (non-hydrogen) atoms. The zero-order valence-electron chi connectivity index (χ0n) is 11.5. The van der Waals surface area contributed by atoms with E-state index >= 15 is 0 Å². The second-order valence-corrected chi connectivity index (χ2v) is 4.93. The van der Waals surface area contributed by atoms with Crippen LogP contribution in [0.5, 0.6) is 0 Å². The van der Waals surface area contributed by atoms with Crippen molar-refractivity contribution in [3.63, 3.8) is 0 Å². The van der Waals surface area contributed by atoms with Crippen LogP contribution >= 0.6 is 0 Å². The number of ether oxygens (including phenoxy) is 1. The molecule has 0 radical (unpaired) electrons. The molecule has 1 aliphatic rings. The first kappa shape index (κ1) is 16.3. The Balaban J connectivity index is 2.63. The van der Waals surface area contributed by atoms with Crippen LogP contribution < -0.4 is 0 Å². The summed E-state index contributed by atoms with van der Waals surface area (Å²) in [6, 6.07) is -0.509. The highest BCUT2D eigenvalue weighted by Crippen LogP contribution is 2.21. The van der Waals surface area contributed by atoms with Gasteiger partial charge in [-0.3, -0.25) is 4.79 Å². The second kappa shape index (κ2) is 7.12. The summed E-state index contributed by atoms with van der Waals surface area (Å²) in [6.45, 7) is 0.464. The molecule has 0 saturated carbocycles. The molecule has 7 heteroatoms. The molecule has 0 aromatic rings. The Morgan fingerprint density at radius 3 is 2.50 bits per heavy atom. The van der Waals surface area contributed by atoms with Crippen molar-refractivity contribution >= 4 is 12.0 Å². The van der Waals surface area contributed by atoms with Gasteiger partial charge < -0.3 is 24.7 Å². The Labute approximate surface area is 118 Å². The lowest BCUT2D eigenvalue weighted by Gasteiger charge is -2.36. The van der Waals surface area contributed by atoms with E-state index in [1.54, 1.807) is 0 Å². The van der Waals surface area contributed by atoms with E-state index in [1.807, 2.05) is 0 Å². The molecule has 112 valence electrons. The maximum Gasteiger partial charge on any atom is 0.323 e. The number of nitrogens with zero attached hydrogens (tertiary/aromatic N) is 2. The van der Waals surface area contributed by atoms with Crippen molar-refractivity contribution < 1.29 is 24.5 Å². The lowest BCUT2D eigenvalue weighted by Crippen LogP contribution is -2.51. The third-order valence-electron chi connectivity index (χ3n) is 3.16. The minimum atomic E-state index is -1.13. The molecular weight excluding hydrogens is 264 g/mol. The SMILES string of the molecule is C#CCN(CC(=O)O)C(=O)N(C)CC1(O)CCOCC1. The normalized spacial score (nSPS) is 17.1. The first-order valence-corrected chi connectivity index (χ1v) is 6.33. The Morgan fingerprint density at radius 1 is 1.40 bits per heavy atom. The Kier molecular flexibility index (Phi) is 5.80. The predicted octanol–water partition coefficient (Wildman–Crippen LogP) is -0.400. The average Bonchev–Trinajstić information content (AvgIpc) is 2.37. The first-order chi connectivity index (χ1) is 9.38. The van der Waals surface area contributed by atoms with Gasteiger partial charge in [0.05, 0.1) is 18.7 Å². The van der Waals surface area contributed by atoms with Gasteiger partial charge in [0.1, 0.15) is 6.54 Å². The number of amides is 2. The fourth-order valence-electron chi connectivity index (χ4n) is 2.12. The lowest BCUT2D eigenvalue weighted by molar-refractivity contribution is -0.137. The fraction of sp³-hybridized carbons (Fsp3) is 0.692. The van der Waals surface area contributed by atoms with Gasteiger partial charge in [0, 0.05) is 33.1 Å².